The van der Waals surface area contributed by atoms with Gasteiger partial charge in [-0.15, -0.1) is 0 Å². The highest BCUT2D eigenvalue weighted by molar-refractivity contribution is 5.78. The Morgan fingerprint density at radius 1 is 1.16 bits per heavy atom. The number of nitrogens with zero attached hydrogens (tertiary/aromatic N) is 3. The van der Waals surface area contributed by atoms with Gasteiger partial charge < -0.3 is 19.5 Å². The van der Waals surface area contributed by atoms with E-state index < -0.39 is 17.9 Å². The Morgan fingerprint density at radius 2 is 1.97 bits per heavy atom. The predicted octanol–water partition coefficient (Wildman–Crippen LogP) is 2.87. The summed E-state index contributed by atoms with van der Waals surface area (Å²) < 4.78 is 11.0. The molecule has 1 N–H and O–H groups in total. The number of carboxylic acids is 1. The number of hydrogen-bond donors (Lipinski definition) is 1. The lowest BCUT2D eigenvalue weighted by Crippen LogP contribution is -2.46. The standard InChI is InChI=1S/C27H39N3O7/c1-3-11-30(37-14-4-2)25(32)17-29-16-20(19-8-9-22-23(15-19)36-18-35-22)26(27(33)34)21(29)10-13-28-12-6-5-7-24(28)31/h8-9,15,20-21,26H,3-7,10-14,16-18H2,1-2H3,(H,33,34)/t20-,21+,26?/m1/s1. The Hall–Kier alpha value is -2.85. The number of hydrogen-bond acceptors (Lipinski definition) is 7. The van der Waals surface area contributed by atoms with Crippen LogP contribution in [0.1, 0.15) is 63.9 Å². The first-order valence-corrected chi connectivity index (χ1v) is 13.5. The molecule has 2 fully saturated rings. The van der Waals surface area contributed by atoms with E-state index in [1.807, 2.05) is 41.8 Å². The van der Waals surface area contributed by atoms with Crippen LogP contribution in [0.2, 0.25) is 0 Å². The molecule has 0 spiro atoms. The van der Waals surface area contributed by atoms with Gasteiger partial charge >= 0.3 is 5.97 Å². The van der Waals surface area contributed by atoms with Gasteiger partial charge in [0.1, 0.15) is 0 Å². The van der Waals surface area contributed by atoms with Crippen LogP contribution in [0.5, 0.6) is 11.5 Å². The molecule has 10 heteroatoms. The van der Waals surface area contributed by atoms with E-state index in [-0.39, 0.29) is 31.1 Å². The van der Waals surface area contributed by atoms with Crippen LogP contribution in [0.4, 0.5) is 0 Å². The number of piperidine rings is 1. The number of carbonyl (C=O) groups is 3. The average molecular weight is 518 g/mol. The molecule has 1 unspecified atom stereocenters. The molecule has 0 radical (unpaired) electrons. The number of carboxylic acid groups (broad SMARTS) is 1. The topological polar surface area (TPSA) is 109 Å². The molecule has 204 valence electrons. The van der Waals surface area contributed by atoms with Crippen molar-refractivity contribution < 1.29 is 33.8 Å². The van der Waals surface area contributed by atoms with Crippen LogP contribution in [-0.4, -0.2) is 89.9 Å². The number of likely N-dealkylation sites (tertiary alicyclic amines) is 2. The quantitative estimate of drug-likeness (QED) is 0.422. The van der Waals surface area contributed by atoms with Gasteiger partial charge in [0.15, 0.2) is 11.5 Å². The summed E-state index contributed by atoms with van der Waals surface area (Å²) in [5, 5.41) is 11.8. The molecule has 2 amide bonds. The molecule has 3 aliphatic rings. The van der Waals surface area contributed by atoms with Gasteiger partial charge in [0.05, 0.1) is 19.1 Å². The van der Waals surface area contributed by atoms with Crippen LogP contribution in [0, 0.1) is 5.92 Å². The second-order valence-corrected chi connectivity index (χ2v) is 10.0. The van der Waals surface area contributed by atoms with Gasteiger partial charge in [0.2, 0.25) is 12.7 Å². The Balaban J connectivity index is 1.57. The van der Waals surface area contributed by atoms with Crippen molar-refractivity contribution in [2.24, 2.45) is 5.92 Å². The molecule has 2 saturated heterocycles. The molecule has 3 aliphatic heterocycles. The van der Waals surface area contributed by atoms with Crippen molar-refractivity contribution in [2.45, 2.75) is 64.3 Å². The van der Waals surface area contributed by atoms with Crippen LogP contribution >= 0.6 is 0 Å². The van der Waals surface area contributed by atoms with Crippen LogP contribution < -0.4 is 9.47 Å². The fourth-order valence-electron chi connectivity index (χ4n) is 5.64. The predicted molar refractivity (Wildman–Crippen MR) is 135 cm³/mol. The van der Waals surface area contributed by atoms with E-state index in [0.29, 0.717) is 57.1 Å². The number of amides is 2. The minimum absolute atomic E-state index is 0.0627. The van der Waals surface area contributed by atoms with Gasteiger partial charge in [0, 0.05) is 44.6 Å². The third kappa shape index (κ3) is 6.35. The van der Waals surface area contributed by atoms with Gasteiger partial charge in [-0.05, 0) is 49.8 Å². The molecule has 37 heavy (non-hydrogen) atoms. The van der Waals surface area contributed by atoms with Gasteiger partial charge in [-0.3, -0.25) is 24.1 Å². The lowest BCUT2D eigenvalue weighted by molar-refractivity contribution is -0.188. The van der Waals surface area contributed by atoms with E-state index in [2.05, 4.69) is 0 Å². The number of fused-ring (bicyclic) bond motifs is 1. The maximum Gasteiger partial charge on any atom is 0.308 e. The van der Waals surface area contributed by atoms with Gasteiger partial charge in [-0.2, -0.15) is 0 Å². The first-order chi connectivity index (χ1) is 17.9. The van der Waals surface area contributed by atoms with E-state index in [1.165, 1.54) is 5.06 Å². The number of carbonyl (C=O) groups excluding carboxylic acids is 2. The minimum atomic E-state index is -0.903. The Bertz CT molecular complexity index is 971. The molecule has 1 aromatic rings. The summed E-state index contributed by atoms with van der Waals surface area (Å²) in [6.45, 7) is 6.70. The maximum absolute atomic E-state index is 13.3. The van der Waals surface area contributed by atoms with Crippen molar-refractivity contribution in [2.75, 3.05) is 46.1 Å². The lowest BCUT2D eigenvalue weighted by atomic mass is 9.84. The third-order valence-electron chi connectivity index (χ3n) is 7.47. The Morgan fingerprint density at radius 3 is 2.70 bits per heavy atom. The zero-order valence-electron chi connectivity index (χ0n) is 21.9. The summed E-state index contributed by atoms with van der Waals surface area (Å²) in [4.78, 5) is 47.9. The van der Waals surface area contributed by atoms with Crippen molar-refractivity contribution in [3.8, 4) is 11.5 Å². The summed E-state index contributed by atoms with van der Waals surface area (Å²) in [7, 11) is 0. The highest BCUT2D eigenvalue weighted by atomic mass is 16.7. The van der Waals surface area contributed by atoms with Gasteiger partial charge in [-0.1, -0.05) is 19.9 Å². The van der Waals surface area contributed by atoms with Crippen molar-refractivity contribution in [1.29, 1.82) is 0 Å². The summed E-state index contributed by atoms with van der Waals surface area (Å²) in [6.07, 6.45) is 4.43. The normalized spacial score (nSPS) is 23.5. The first-order valence-electron chi connectivity index (χ1n) is 13.5. The number of aliphatic carboxylic acids is 1. The first kappa shape index (κ1) is 27.2. The molecular formula is C27H39N3O7. The van der Waals surface area contributed by atoms with E-state index >= 15 is 0 Å². The lowest BCUT2D eigenvalue weighted by Gasteiger charge is -2.32. The van der Waals surface area contributed by atoms with Crippen molar-refractivity contribution in [1.82, 2.24) is 14.9 Å². The molecular weight excluding hydrogens is 478 g/mol. The summed E-state index contributed by atoms with van der Waals surface area (Å²) in [5.74, 6) is -0.779. The molecule has 0 aliphatic carbocycles. The summed E-state index contributed by atoms with van der Waals surface area (Å²) in [6, 6.07) is 5.15. The molecule has 3 atom stereocenters. The second-order valence-electron chi connectivity index (χ2n) is 10.0. The molecule has 0 aromatic heterocycles. The number of rotatable bonds is 12. The van der Waals surface area contributed by atoms with Gasteiger partial charge in [-0.25, -0.2) is 5.06 Å². The largest absolute Gasteiger partial charge is 0.481 e. The fraction of sp³-hybridized carbons (Fsp3) is 0.667. The van der Waals surface area contributed by atoms with Gasteiger partial charge in [0.25, 0.3) is 5.91 Å². The van der Waals surface area contributed by atoms with E-state index in [1.54, 1.807) is 0 Å². The maximum atomic E-state index is 13.3. The van der Waals surface area contributed by atoms with Crippen LogP contribution in [-0.2, 0) is 19.2 Å². The minimum Gasteiger partial charge on any atom is -0.481 e. The van der Waals surface area contributed by atoms with Crippen molar-refractivity contribution in [3.05, 3.63) is 23.8 Å². The van der Waals surface area contributed by atoms with Crippen molar-refractivity contribution in [3.63, 3.8) is 0 Å². The third-order valence-corrected chi connectivity index (χ3v) is 7.47. The molecule has 0 saturated carbocycles. The average Bonchev–Trinajstić information content (AvgIpc) is 3.50. The second kappa shape index (κ2) is 12.6. The monoisotopic (exact) mass is 517 g/mol. The summed E-state index contributed by atoms with van der Waals surface area (Å²) >= 11 is 0. The van der Waals surface area contributed by atoms with E-state index in [9.17, 15) is 19.5 Å². The molecule has 3 heterocycles. The highest BCUT2D eigenvalue weighted by Gasteiger charge is 2.47. The molecule has 4 rings (SSSR count). The van der Waals surface area contributed by atoms with Crippen LogP contribution in [0.25, 0.3) is 0 Å². The number of ether oxygens (including phenoxy) is 2. The number of hydroxylamine groups is 2. The zero-order valence-corrected chi connectivity index (χ0v) is 21.9. The molecule has 0 bridgehead atoms. The SMILES string of the molecule is CCCON(CCC)C(=O)CN1C[C@H](c2ccc3c(c2)OCO3)C(C(=O)O)[C@@H]1CCN1CCCCC1=O. The fourth-order valence-corrected chi connectivity index (χ4v) is 5.64. The van der Waals surface area contributed by atoms with Crippen molar-refractivity contribution >= 4 is 17.8 Å². The zero-order chi connectivity index (χ0) is 26.4. The smallest absolute Gasteiger partial charge is 0.308 e. The van der Waals surface area contributed by atoms with Crippen LogP contribution in [0.3, 0.4) is 0 Å². The number of benzene rings is 1. The van der Waals surface area contributed by atoms with Crippen LogP contribution in [0.15, 0.2) is 18.2 Å². The van der Waals surface area contributed by atoms with E-state index in [0.717, 1.165) is 31.2 Å². The Labute approximate surface area is 218 Å². The molecule has 10 nitrogen and oxygen atoms in total. The summed E-state index contributed by atoms with van der Waals surface area (Å²) in [5.41, 5.74) is 0.846. The Kier molecular flexibility index (Phi) is 9.26. The van der Waals surface area contributed by atoms with E-state index in [4.69, 9.17) is 14.3 Å². The highest BCUT2D eigenvalue weighted by Crippen LogP contribution is 2.42. The molecule has 1 aromatic carbocycles.